The molecule has 6 nitrogen and oxygen atoms in total. The van der Waals surface area contributed by atoms with Gasteiger partial charge < -0.3 is 10.3 Å². The third-order valence-electron chi connectivity index (χ3n) is 3.12. The lowest BCUT2D eigenvalue weighted by molar-refractivity contribution is 0.773. The van der Waals surface area contributed by atoms with Gasteiger partial charge in [0.25, 0.3) is 0 Å². The molecule has 21 heavy (non-hydrogen) atoms. The average Bonchev–Trinajstić information content (AvgIpc) is 2.53. The summed E-state index contributed by atoms with van der Waals surface area (Å²) in [6.07, 6.45) is 0. The van der Waals surface area contributed by atoms with Crippen LogP contribution in [0.4, 0.5) is 17.3 Å². The van der Waals surface area contributed by atoms with Crippen LogP contribution in [0.15, 0.2) is 30.3 Å². The van der Waals surface area contributed by atoms with Crippen molar-refractivity contribution in [3.63, 3.8) is 0 Å². The summed E-state index contributed by atoms with van der Waals surface area (Å²) in [5.41, 5.74) is 3.93. The number of nitriles is 1. The molecule has 0 spiro atoms. The van der Waals surface area contributed by atoms with Crippen molar-refractivity contribution in [1.29, 1.82) is 5.26 Å². The maximum absolute atomic E-state index is 9.22. The van der Waals surface area contributed by atoms with Crippen LogP contribution < -0.4 is 16.2 Å². The molecule has 0 aliphatic rings. The van der Waals surface area contributed by atoms with Crippen LogP contribution in [0, 0.1) is 11.3 Å². The summed E-state index contributed by atoms with van der Waals surface area (Å²) >= 11 is 0. The highest BCUT2D eigenvalue weighted by atomic mass is 15.3. The van der Waals surface area contributed by atoms with Crippen molar-refractivity contribution in [2.75, 3.05) is 17.4 Å². The zero-order valence-corrected chi connectivity index (χ0v) is 12.3. The highest BCUT2D eigenvalue weighted by Gasteiger charge is 2.14. The van der Waals surface area contributed by atoms with E-state index in [0.29, 0.717) is 23.0 Å². The van der Waals surface area contributed by atoms with E-state index in [-0.39, 0.29) is 5.92 Å². The normalized spacial score (nSPS) is 10.3. The van der Waals surface area contributed by atoms with Gasteiger partial charge in [0, 0.05) is 19.0 Å². The Morgan fingerprint density at radius 1 is 1.29 bits per heavy atom. The molecule has 6 heteroatoms. The summed E-state index contributed by atoms with van der Waals surface area (Å²) in [4.78, 5) is 10.7. The lowest BCUT2D eigenvalue weighted by atomic mass is 10.1. The maximum Gasteiger partial charge on any atom is 0.145 e. The zero-order chi connectivity index (χ0) is 15.4. The van der Waals surface area contributed by atoms with E-state index in [4.69, 9.17) is 5.84 Å². The van der Waals surface area contributed by atoms with E-state index in [2.05, 4.69) is 21.5 Å². The second kappa shape index (κ2) is 6.20. The molecular weight excluding hydrogens is 264 g/mol. The molecule has 0 amide bonds. The predicted octanol–water partition coefficient (Wildman–Crippen LogP) is 2.53. The van der Waals surface area contributed by atoms with Crippen molar-refractivity contribution in [3.8, 4) is 6.07 Å². The van der Waals surface area contributed by atoms with Gasteiger partial charge >= 0.3 is 0 Å². The SMILES string of the molecule is CC(C)c1nc(NN)cc(N(C)c2ccccc2C#N)n1. The number of nitrogens with zero attached hydrogens (tertiary/aromatic N) is 4. The molecule has 0 fully saturated rings. The Balaban J connectivity index is 2.50. The molecule has 3 N–H and O–H groups in total. The molecule has 0 bridgehead atoms. The number of nitrogens with two attached hydrogens (primary N) is 1. The highest BCUT2D eigenvalue weighted by Crippen LogP contribution is 2.27. The highest BCUT2D eigenvalue weighted by molar-refractivity contribution is 5.67. The van der Waals surface area contributed by atoms with Crippen LogP contribution in [0.5, 0.6) is 0 Å². The molecule has 1 heterocycles. The van der Waals surface area contributed by atoms with Gasteiger partial charge in [-0.2, -0.15) is 5.26 Å². The Labute approximate surface area is 124 Å². The summed E-state index contributed by atoms with van der Waals surface area (Å²) in [6, 6.07) is 11.3. The lowest BCUT2D eigenvalue weighted by Gasteiger charge is -2.21. The van der Waals surface area contributed by atoms with Crippen molar-refractivity contribution in [1.82, 2.24) is 9.97 Å². The monoisotopic (exact) mass is 282 g/mol. The molecule has 0 atom stereocenters. The minimum absolute atomic E-state index is 0.177. The number of nitrogens with one attached hydrogen (secondary N) is 1. The fraction of sp³-hybridized carbons (Fsp3) is 0.267. The van der Waals surface area contributed by atoms with Gasteiger partial charge in [0.05, 0.1) is 11.3 Å². The molecule has 2 rings (SSSR count). The molecule has 1 aromatic carbocycles. The molecule has 0 saturated heterocycles. The predicted molar refractivity (Wildman–Crippen MR) is 83.2 cm³/mol. The molecule has 0 unspecified atom stereocenters. The Morgan fingerprint density at radius 3 is 2.62 bits per heavy atom. The molecule has 0 aliphatic heterocycles. The van der Waals surface area contributed by atoms with E-state index >= 15 is 0 Å². The molecule has 2 aromatic rings. The van der Waals surface area contributed by atoms with E-state index in [1.807, 2.05) is 44.0 Å². The van der Waals surface area contributed by atoms with Crippen molar-refractivity contribution >= 4 is 17.3 Å². The number of hydrazine groups is 1. The number of benzene rings is 1. The minimum atomic E-state index is 0.177. The van der Waals surface area contributed by atoms with Crippen molar-refractivity contribution in [2.45, 2.75) is 19.8 Å². The number of nitrogen functional groups attached to an aromatic ring is 1. The summed E-state index contributed by atoms with van der Waals surface area (Å²) < 4.78 is 0. The van der Waals surface area contributed by atoms with E-state index in [1.54, 1.807) is 12.1 Å². The first-order valence-corrected chi connectivity index (χ1v) is 6.65. The van der Waals surface area contributed by atoms with Gasteiger partial charge in [-0.25, -0.2) is 15.8 Å². The zero-order valence-electron chi connectivity index (χ0n) is 12.3. The summed E-state index contributed by atoms with van der Waals surface area (Å²) in [6.45, 7) is 4.03. The van der Waals surface area contributed by atoms with E-state index < -0.39 is 0 Å². The fourth-order valence-electron chi connectivity index (χ4n) is 1.94. The molecule has 0 radical (unpaired) electrons. The maximum atomic E-state index is 9.22. The smallest absolute Gasteiger partial charge is 0.145 e. The van der Waals surface area contributed by atoms with Crippen LogP contribution >= 0.6 is 0 Å². The van der Waals surface area contributed by atoms with Crippen molar-refractivity contribution in [2.24, 2.45) is 5.84 Å². The average molecular weight is 282 g/mol. The third-order valence-corrected chi connectivity index (χ3v) is 3.12. The van der Waals surface area contributed by atoms with Gasteiger partial charge in [-0.3, -0.25) is 0 Å². The lowest BCUT2D eigenvalue weighted by Crippen LogP contribution is -2.17. The van der Waals surface area contributed by atoms with Gasteiger partial charge in [0.15, 0.2) is 0 Å². The van der Waals surface area contributed by atoms with Crippen LogP contribution in [-0.4, -0.2) is 17.0 Å². The van der Waals surface area contributed by atoms with E-state index in [1.165, 1.54) is 0 Å². The standard InChI is InChI=1S/C15H18N6/c1-10(2)15-18-13(20-17)8-14(19-15)21(3)12-7-5-4-6-11(12)9-16/h4-8,10H,17H2,1-3H3,(H,18,19,20). The van der Waals surface area contributed by atoms with Gasteiger partial charge in [-0.05, 0) is 12.1 Å². The molecular formula is C15H18N6. The van der Waals surface area contributed by atoms with Crippen LogP contribution in [0.25, 0.3) is 0 Å². The molecule has 0 saturated carbocycles. The van der Waals surface area contributed by atoms with Crippen molar-refractivity contribution in [3.05, 3.63) is 41.7 Å². The quantitative estimate of drug-likeness (QED) is 0.661. The number of rotatable bonds is 4. The molecule has 108 valence electrons. The van der Waals surface area contributed by atoms with Gasteiger partial charge in [-0.1, -0.05) is 26.0 Å². The van der Waals surface area contributed by atoms with E-state index in [9.17, 15) is 5.26 Å². The van der Waals surface area contributed by atoms with Gasteiger partial charge in [0.1, 0.15) is 23.5 Å². The van der Waals surface area contributed by atoms with E-state index in [0.717, 1.165) is 5.69 Å². The van der Waals surface area contributed by atoms with Crippen LogP contribution in [0.1, 0.15) is 31.2 Å². The van der Waals surface area contributed by atoms with Crippen LogP contribution in [-0.2, 0) is 0 Å². The Bertz CT molecular complexity index is 674. The Morgan fingerprint density at radius 2 is 2.00 bits per heavy atom. The Hall–Kier alpha value is -2.65. The van der Waals surface area contributed by atoms with Crippen molar-refractivity contribution < 1.29 is 0 Å². The minimum Gasteiger partial charge on any atom is -0.328 e. The van der Waals surface area contributed by atoms with Crippen LogP contribution in [0.3, 0.4) is 0 Å². The Kier molecular flexibility index (Phi) is 4.36. The molecule has 0 aliphatic carbocycles. The summed E-state index contributed by atoms with van der Waals surface area (Å²) in [7, 11) is 1.86. The number of hydrogen-bond donors (Lipinski definition) is 2. The largest absolute Gasteiger partial charge is 0.328 e. The number of aromatic nitrogens is 2. The summed E-state index contributed by atoms with van der Waals surface area (Å²) in [5, 5.41) is 9.22. The second-order valence-corrected chi connectivity index (χ2v) is 4.96. The first-order chi connectivity index (χ1) is 10.1. The molecule has 1 aromatic heterocycles. The summed E-state index contributed by atoms with van der Waals surface area (Å²) in [5.74, 6) is 7.58. The third kappa shape index (κ3) is 3.09. The number of hydrogen-bond acceptors (Lipinski definition) is 6. The number of anilines is 3. The fourth-order valence-corrected chi connectivity index (χ4v) is 1.94. The first-order valence-electron chi connectivity index (χ1n) is 6.65. The first kappa shape index (κ1) is 14.8. The topological polar surface area (TPSA) is 90.9 Å². The van der Waals surface area contributed by atoms with Crippen LogP contribution in [0.2, 0.25) is 0 Å². The number of para-hydroxylation sites is 1. The second-order valence-electron chi connectivity index (χ2n) is 4.96. The van der Waals surface area contributed by atoms with Gasteiger partial charge in [0.2, 0.25) is 0 Å². The van der Waals surface area contributed by atoms with Gasteiger partial charge in [-0.15, -0.1) is 0 Å².